The molecule has 0 radical (unpaired) electrons. The lowest BCUT2D eigenvalue weighted by Gasteiger charge is -2.16. The van der Waals surface area contributed by atoms with Gasteiger partial charge in [-0.15, -0.1) is 0 Å². The molecule has 94 valence electrons. The van der Waals surface area contributed by atoms with E-state index in [1.54, 1.807) is 18.0 Å². The summed E-state index contributed by atoms with van der Waals surface area (Å²) in [4.78, 5) is 13.6. The van der Waals surface area contributed by atoms with Crippen LogP contribution in [0, 0.1) is 5.92 Å². The van der Waals surface area contributed by atoms with Crippen molar-refractivity contribution in [3.63, 3.8) is 0 Å². The highest BCUT2D eigenvalue weighted by Gasteiger charge is 2.21. The van der Waals surface area contributed by atoms with Crippen molar-refractivity contribution in [2.75, 3.05) is 26.8 Å². The van der Waals surface area contributed by atoms with Crippen LogP contribution in [-0.2, 0) is 4.74 Å². The minimum Gasteiger partial charge on any atom is -0.457 e. The molecule has 1 fully saturated rings. The Morgan fingerprint density at radius 3 is 3.00 bits per heavy atom. The molecule has 1 aliphatic carbocycles. The first-order valence-corrected chi connectivity index (χ1v) is 6.54. The van der Waals surface area contributed by atoms with Gasteiger partial charge in [0.15, 0.2) is 4.67 Å². The molecular weight excluding hydrogens is 286 g/mol. The van der Waals surface area contributed by atoms with Gasteiger partial charge >= 0.3 is 0 Å². The van der Waals surface area contributed by atoms with Gasteiger partial charge < -0.3 is 14.1 Å². The Labute approximate surface area is 109 Å². The number of ether oxygens (including phenoxy) is 1. The first kappa shape index (κ1) is 12.6. The summed E-state index contributed by atoms with van der Waals surface area (Å²) < 4.78 is 11.0. The highest BCUT2D eigenvalue weighted by atomic mass is 79.9. The summed E-state index contributed by atoms with van der Waals surface area (Å²) in [6, 6.07) is 1.66. The lowest BCUT2D eigenvalue weighted by Crippen LogP contribution is -2.30. The molecule has 1 heterocycles. The first-order chi connectivity index (χ1) is 8.18. The zero-order valence-electron chi connectivity index (χ0n) is 9.82. The van der Waals surface area contributed by atoms with Crippen LogP contribution in [-0.4, -0.2) is 37.6 Å². The number of nitrogens with zero attached hydrogens (tertiary/aromatic N) is 1. The third-order valence-corrected chi connectivity index (χ3v) is 3.43. The molecule has 0 saturated heterocycles. The maximum atomic E-state index is 11.9. The molecular formula is C12H16BrNO3. The number of carbonyl (C=O) groups excluding carboxylic acids is 1. The van der Waals surface area contributed by atoms with Gasteiger partial charge in [0.2, 0.25) is 0 Å². The second-order valence-corrected chi connectivity index (χ2v) is 5.07. The van der Waals surface area contributed by atoms with Crippen LogP contribution in [0.4, 0.5) is 0 Å². The normalized spacial score (nSPS) is 14.9. The third-order valence-electron chi connectivity index (χ3n) is 2.82. The summed E-state index contributed by atoms with van der Waals surface area (Å²) in [5.41, 5.74) is 0.551. The Balaban J connectivity index is 1.72. The number of hydrogen-bond donors (Lipinski definition) is 0. The molecule has 0 spiro atoms. The SMILES string of the molecule is CN(CCOCC1CC1)C(=O)c1ccoc1Br. The second-order valence-electron chi connectivity index (χ2n) is 4.35. The van der Waals surface area contributed by atoms with Gasteiger partial charge in [-0.1, -0.05) is 0 Å². The van der Waals surface area contributed by atoms with Crippen molar-refractivity contribution in [3.8, 4) is 0 Å². The van der Waals surface area contributed by atoms with Crippen molar-refractivity contribution in [1.29, 1.82) is 0 Å². The Morgan fingerprint density at radius 1 is 1.65 bits per heavy atom. The molecule has 0 aliphatic heterocycles. The number of carbonyl (C=O) groups is 1. The topological polar surface area (TPSA) is 42.7 Å². The molecule has 1 amide bonds. The molecule has 1 aromatic heterocycles. The first-order valence-electron chi connectivity index (χ1n) is 5.74. The summed E-state index contributed by atoms with van der Waals surface area (Å²) in [5.74, 6) is 0.708. The van der Waals surface area contributed by atoms with Crippen LogP contribution in [0.3, 0.4) is 0 Å². The third kappa shape index (κ3) is 3.57. The molecule has 0 bridgehead atoms. The van der Waals surface area contributed by atoms with E-state index in [0.717, 1.165) is 12.5 Å². The van der Waals surface area contributed by atoms with E-state index in [0.29, 0.717) is 23.4 Å². The minimum absolute atomic E-state index is 0.0550. The largest absolute Gasteiger partial charge is 0.457 e. The summed E-state index contributed by atoms with van der Waals surface area (Å²) >= 11 is 3.20. The van der Waals surface area contributed by atoms with Gasteiger partial charge in [0.05, 0.1) is 18.4 Å². The Bertz CT molecular complexity index is 387. The van der Waals surface area contributed by atoms with Crippen LogP contribution < -0.4 is 0 Å². The fourth-order valence-corrected chi connectivity index (χ4v) is 1.90. The summed E-state index contributed by atoms with van der Waals surface area (Å²) in [6.07, 6.45) is 4.07. The maximum absolute atomic E-state index is 11.9. The molecule has 4 nitrogen and oxygen atoms in total. The lowest BCUT2D eigenvalue weighted by molar-refractivity contribution is 0.0679. The Morgan fingerprint density at radius 2 is 2.41 bits per heavy atom. The highest BCUT2D eigenvalue weighted by molar-refractivity contribution is 9.10. The smallest absolute Gasteiger partial charge is 0.258 e. The quantitative estimate of drug-likeness (QED) is 0.758. The van der Waals surface area contributed by atoms with E-state index in [1.807, 2.05) is 0 Å². The molecule has 0 unspecified atom stereocenters. The lowest BCUT2D eigenvalue weighted by atomic mass is 10.3. The Kier molecular flexibility index (Phi) is 4.23. The number of amides is 1. The molecule has 1 saturated carbocycles. The summed E-state index contributed by atoms with van der Waals surface area (Å²) in [6.45, 7) is 2.02. The second kappa shape index (κ2) is 5.69. The van der Waals surface area contributed by atoms with E-state index >= 15 is 0 Å². The fraction of sp³-hybridized carbons (Fsp3) is 0.583. The van der Waals surface area contributed by atoms with Gasteiger partial charge in [-0.2, -0.15) is 0 Å². The maximum Gasteiger partial charge on any atom is 0.258 e. The van der Waals surface area contributed by atoms with Crippen molar-refractivity contribution >= 4 is 21.8 Å². The van der Waals surface area contributed by atoms with Crippen LogP contribution in [0.5, 0.6) is 0 Å². The standard InChI is InChI=1S/C12H16BrNO3/c1-14(5-7-16-8-9-2-3-9)12(15)10-4-6-17-11(10)13/h4,6,9H,2-3,5,7-8H2,1H3. The minimum atomic E-state index is -0.0550. The van der Waals surface area contributed by atoms with Crippen molar-refractivity contribution in [1.82, 2.24) is 4.90 Å². The van der Waals surface area contributed by atoms with Crippen LogP contribution in [0.2, 0.25) is 0 Å². The number of rotatable bonds is 6. The van der Waals surface area contributed by atoms with E-state index in [9.17, 15) is 4.79 Å². The molecule has 0 aromatic carbocycles. The molecule has 5 heteroatoms. The van der Waals surface area contributed by atoms with Gasteiger partial charge in [-0.3, -0.25) is 4.79 Å². The predicted octanol–water partition coefficient (Wildman–Crippen LogP) is 2.54. The molecule has 1 aromatic rings. The average Bonchev–Trinajstić information content (AvgIpc) is 3.04. The van der Waals surface area contributed by atoms with Crippen molar-refractivity contribution in [3.05, 3.63) is 22.6 Å². The molecule has 17 heavy (non-hydrogen) atoms. The van der Waals surface area contributed by atoms with Gasteiger partial charge in [0, 0.05) is 20.2 Å². The van der Waals surface area contributed by atoms with Crippen molar-refractivity contribution in [2.45, 2.75) is 12.8 Å². The van der Waals surface area contributed by atoms with E-state index in [4.69, 9.17) is 9.15 Å². The van der Waals surface area contributed by atoms with E-state index in [1.165, 1.54) is 19.1 Å². The van der Waals surface area contributed by atoms with E-state index in [2.05, 4.69) is 15.9 Å². The molecule has 0 N–H and O–H groups in total. The van der Waals surface area contributed by atoms with Gasteiger partial charge in [0.1, 0.15) is 0 Å². The van der Waals surface area contributed by atoms with Crippen molar-refractivity contribution < 1.29 is 13.9 Å². The summed E-state index contributed by atoms with van der Waals surface area (Å²) in [7, 11) is 1.77. The zero-order chi connectivity index (χ0) is 12.3. The van der Waals surface area contributed by atoms with Gasteiger partial charge in [0.25, 0.3) is 5.91 Å². The number of halogens is 1. The predicted molar refractivity (Wildman–Crippen MR) is 66.9 cm³/mol. The van der Waals surface area contributed by atoms with E-state index < -0.39 is 0 Å². The number of likely N-dealkylation sites (N-methyl/N-ethyl adjacent to an activating group) is 1. The summed E-state index contributed by atoms with van der Waals surface area (Å²) in [5, 5.41) is 0. The number of furan rings is 1. The van der Waals surface area contributed by atoms with Gasteiger partial charge in [-0.05, 0) is 40.8 Å². The molecule has 1 aliphatic rings. The monoisotopic (exact) mass is 301 g/mol. The van der Waals surface area contributed by atoms with Crippen LogP contribution >= 0.6 is 15.9 Å². The highest BCUT2D eigenvalue weighted by Crippen LogP contribution is 2.28. The average molecular weight is 302 g/mol. The number of hydrogen-bond acceptors (Lipinski definition) is 3. The van der Waals surface area contributed by atoms with Crippen LogP contribution in [0.25, 0.3) is 0 Å². The van der Waals surface area contributed by atoms with Gasteiger partial charge in [-0.25, -0.2) is 0 Å². The van der Waals surface area contributed by atoms with Crippen LogP contribution in [0.15, 0.2) is 21.4 Å². The Hall–Kier alpha value is -0.810. The van der Waals surface area contributed by atoms with Crippen LogP contribution in [0.1, 0.15) is 23.2 Å². The molecule has 2 rings (SSSR count). The molecule has 0 atom stereocenters. The van der Waals surface area contributed by atoms with Crippen molar-refractivity contribution in [2.24, 2.45) is 5.92 Å². The zero-order valence-corrected chi connectivity index (χ0v) is 11.4. The fourth-order valence-electron chi connectivity index (χ4n) is 1.49. The van der Waals surface area contributed by atoms with E-state index in [-0.39, 0.29) is 5.91 Å².